The van der Waals surface area contributed by atoms with Gasteiger partial charge >= 0.3 is 0 Å². The summed E-state index contributed by atoms with van der Waals surface area (Å²) in [4.78, 5) is 0. The lowest BCUT2D eigenvalue weighted by Gasteiger charge is -2.19. The molecule has 0 bridgehead atoms. The number of methoxy groups -OCH3 is 4. The Morgan fingerprint density at radius 1 is 0.808 bits per heavy atom. The Labute approximate surface area is 155 Å². The summed E-state index contributed by atoms with van der Waals surface area (Å²) in [5, 5.41) is 9.13. The average Bonchev–Trinajstić information content (AvgIpc) is 2.70. The number of aliphatic hydroxyl groups is 1. The van der Waals surface area contributed by atoms with Crippen molar-refractivity contribution in [3.63, 3.8) is 0 Å². The number of ether oxygens (including phenoxy) is 4. The molecule has 0 spiro atoms. The van der Waals surface area contributed by atoms with E-state index in [1.807, 2.05) is 18.2 Å². The van der Waals surface area contributed by atoms with Gasteiger partial charge in [0.05, 0.1) is 28.4 Å². The standard InChI is InChI=1S/C21H28O5/c1-14(15-8-9-18(23-2)16(11-15)7-6-10-22)17-12-19(24-3)21(26-5)20(13-17)25-4/h8-9,11-14,22H,6-7,10H2,1-5H3. The number of benzene rings is 2. The van der Waals surface area contributed by atoms with E-state index in [-0.39, 0.29) is 12.5 Å². The zero-order chi connectivity index (χ0) is 19.1. The van der Waals surface area contributed by atoms with E-state index in [9.17, 15) is 0 Å². The summed E-state index contributed by atoms with van der Waals surface area (Å²) >= 11 is 0. The molecule has 1 N–H and O–H groups in total. The second-order valence-electron chi connectivity index (χ2n) is 6.08. The second-order valence-corrected chi connectivity index (χ2v) is 6.08. The van der Waals surface area contributed by atoms with E-state index in [0.717, 1.165) is 28.9 Å². The summed E-state index contributed by atoms with van der Waals surface area (Å²) in [6.07, 6.45) is 1.48. The van der Waals surface area contributed by atoms with Crippen LogP contribution in [0.5, 0.6) is 23.0 Å². The molecule has 2 aromatic carbocycles. The lowest BCUT2D eigenvalue weighted by Crippen LogP contribution is -2.02. The Hall–Kier alpha value is -2.40. The highest BCUT2D eigenvalue weighted by atomic mass is 16.5. The largest absolute Gasteiger partial charge is 0.496 e. The van der Waals surface area contributed by atoms with Gasteiger partial charge in [0, 0.05) is 12.5 Å². The van der Waals surface area contributed by atoms with Crippen molar-refractivity contribution in [1.29, 1.82) is 0 Å². The van der Waals surface area contributed by atoms with E-state index in [1.165, 1.54) is 0 Å². The van der Waals surface area contributed by atoms with Crippen LogP contribution in [0.15, 0.2) is 30.3 Å². The van der Waals surface area contributed by atoms with Crippen LogP contribution in [0.1, 0.15) is 36.0 Å². The van der Waals surface area contributed by atoms with Gasteiger partial charge in [-0.2, -0.15) is 0 Å². The molecule has 0 aliphatic rings. The van der Waals surface area contributed by atoms with Gasteiger partial charge in [-0.15, -0.1) is 0 Å². The Kier molecular flexibility index (Phi) is 7.16. The van der Waals surface area contributed by atoms with E-state index in [1.54, 1.807) is 28.4 Å². The minimum atomic E-state index is 0.127. The average molecular weight is 360 g/mol. The summed E-state index contributed by atoms with van der Waals surface area (Å²) in [5.74, 6) is 2.84. The maximum Gasteiger partial charge on any atom is 0.203 e. The highest BCUT2D eigenvalue weighted by Gasteiger charge is 2.18. The topological polar surface area (TPSA) is 57.2 Å². The van der Waals surface area contributed by atoms with Crippen LogP contribution in [-0.4, -0.2) is 40.2 Å². The summed E-state index contributed by atoms with van der Waals surface area (Å²) in [6.45, 7) is 2.30. The predicted molar refractivity (Wildman–Crippen MR) is 102 cm³/mol. The van der Waals surface area contributed by atoms with Crippen LogP contribution >= 0.6 is 0 Å². The molecule has 5 nitrogen and oxygen atoms in total. The fourth-order valence-electron chi connectivity index (χ4n) is 3.08. The van der Waals surface area contributed by atoms with Gasteiger partial charge in [0.25, 0.3) is 0 Å². The SMILES string of the molecule is COc1ccc(C(C)c2cc(OC)c(OC)c(OC)c2)cc1CCCO. The Balaban J connectivity index is 2.43. The third-order valence-corrected chi connectivity index (χ3v) is 4.60. The van der Waals surface area contributed by atoms with E-state index in [0.29, 0.717) is 23.7 Å². The van der Waals surface area contributed by atoms with Crippen LogP contribution in [0.25, 0.3) is 0 Å². The van der Waals surface area contributed by atoms with Crippen LogP contribution in [0.2, 0.25) is 0 Å². The van der Waals surface area contributed by atoms with Gasteiger partial charge in [-0.25, -0.2) is 0 Å². The maximum absolute atomic E-state index is 9.13. The number of rotatable bonds is 9. The summed E-state index contributed by atoms with van der Waals surface area (Å²) in [5.41, 5.74) is 3.32. The lowest BCUT2D eigenvalue weighted by molar-refractivity contribution is 0.287. The third-order valence-electron chi connectivity index (χ3n) is 4.60. The molecule has 2 rings (SSSR count). The Morgan fingerprint density at radius 2 is 1.42 bits per heavy atom. The highest BCUT2D eigenvalue weighted by Crippen LogP contribution is 2.41. The predicted octanol–water partition coefficient (Wildman–Crippen LogP) is 3.80. The fraction of sp³-hybridized carbons (Fsp3) is 0.429. The van der Waals surface area contributed by atoms with Gasteiger partial charge in [0.1, 0.15) is 5.75 Å². The molecule has 0 aromatic heterocycles. The number of hydrogen-bond donors (Lipinski definition) is 1. The van der Waals surface area contributed by atoms with Crippen LogP contribution < -0.4 is 18.9 Å². The van der Waals surface area contributed by atoms with Crippen molar-refractivity contribution in [2.24, 2.45) is 0 Å². The van der Waals surface area contributed by atoms with Gasteiger partial charge in [-0.05, 0) is 47.7 Å². The Morgan fingerprint density at radius 3 is 1.92 bits per heavy atom. The first-order valence-corrected chi connectivity index (χ1v) is 8.67. The van der Waals surface area contributed by atoms with Gasteiger partial charge < -0.3 is 24.1 Å². The summed E-state index contributed by atoms with van der Waals surface area (Å²) < 4.78 is 21.8. The Bertz CT molecular complexity index is 701. The fourth-order valence-corrected chi connectivity index (χ4v) is 3.08. The van der Waals surface area contributed by atoms with Gasteiger partial charge in [-0.1, -0.05) is 19.1 Å². The molecule has 0 heterocycles. The molecule has 142 valence electrons. The molecule has 1 unspecified atom stereocenters. The van der Waals surface area contributed by atoms with Crippen LogP contribution in [0, 0.1) is 0 Å². The maximum atomic E-state index is 9.13. The molecule has 0 amide bonds. The molecule has 5 heteroatoms. The number of aliphatic hydroxyl groups excluding tert-OH is 1. The van der Waals surface area contributed by atoms with Crippen LogP contribution in [0.3, 0.4) is 0 Å². The highest BCUT2D eigenvalue weighted by molar-refractivity contribution is 5.55. The molecule has 0 saturated heterocycles. The van der Waals surface area contributed by atoms with Crippen molar-refractivity contribution < 1.29 is 24.1 Å². The quantitative estimate of drug-likeness (QED) is 0.737. The minimum Gasteiger partial charge on any atom is -0.496 e. The molecule has 26 heavy (non-hydrogen) atoms. The molecule has 1 atom stereocenters. The third kappa shape index (κ3) is 4.22. The molecule has 0 aliphatic heterocycles. The van der Waals surface area contributed by atoms with E-state index >= 15 is 0 Å². The molecule has 0 radical (unpaired) electrons. The molecular formula is C21H28O5. The molecule has 0 aliphatic carbocycles. The smallest absolute Gasteiger partial charge is 0.203 e. The number of aryl methyl sites for hydroxylation is 1. The van der Waals surface area contributed by atoms with Crippen LogP contribution in [0.4, 0.5) is 0 Å². The first kappa shape index (κ1) is 19.9. The van der Waals surface area contributed by atoms with E-state index < -0.39 is 0 Å². The first-order chi connectivity index (χ1) is 12.6. The normalized spacial score (nSPS) is 11.8. The first-order valence-electron chi connectivity index (χ1n) is 8.67. The van der Waals surface area contributed by atoms with Crippen molar-refractivity contribution in [1.82, 2.24) is 0 Å². The summed E-state index contributed by atoms with van der Waals surface area (Å²) in [6, 6.07) is 10.1. The van der Waals surface area contributed by atoms with E-state index in [2.05, 4.69) is 19.1 Å². The van der Waals surface area contributed by atoms with Crippen LogP contribution in [-0.2, 0) is 6.42 Å². The zero-order valence-corrected chi connectivity index (χ0v) is 16.2. The monoisotopic (exact) mass is 360 g/mol. The van der Waals surface area contributed by atoms with Gasteiger partial charge in [0.2, 0.25) is 5.75 Å². The minimum absolute atomic E-state index is 0.127. The van der Waals surface area contributed by atoms with Gasteiger partial charge in [-0.3, -0.25) is 0 Å². The molecular weight excluding hydrogens is 332 g/mol. The van der Waals surface area contributed by atoms with Crippen molar-refractivity contribution >= 4 is 0 Å². The van der Waals surface area contributed by atoms with Crippen molar-refractivity contribution in [2.45, 2.75) is 25.7 Å². The van der Waals surface area contributed by atoms with E-state index in [4.69, 9.17) is 24.1 Å². The van der Waals surface area contributed by atoms with Crippen molar-refractivity contribution in [2.75, 3.05) is 35.0 Å². The lowest BCUT2D eigenvalue weighted by atomic mass is 9.90. The summed E-state index contributed by atoms with van der Waals surface area (Å²) in [7, 11) is 6.50. The molecule has 0 fully saturated rings. The van der Waals surface area contributed by atoms with Gasteiger partial charge in [0.15, 0.2) is 11.5 Å². The molecule has 0 saturated carbocycles. The number of hydrogen-bond acceptors (Lipinski definition) is 5. The van der Waals surface area contributed by atoms with Crippen molar-refractivity contribution in [3.05, 3.63) is 47.0 Å². The second kappa shape index (κ2) is 9.34. The zero-order valence-electron chi connectivity index (χ0n) is 16.2. The molecule has 2 aromatic rings. The van der Waals surface area contributed by atoms with Crippen molar-refractivity contribution in [3.8, 4) is 23.0 Å².